The van der Waals surface area contributed by atoms with E-state index in [0.717, 1.165) is 0 Å². The summed E-state index contributed by atoms with van der Waals surface area (Å²) in [4.78, 5) is 3.92. The van der Waals surface area contributed by atoms with Gasteiger partial charge in [-0.2, -0.15) is 5.26 Å². The van der Waals surface area contributed by atoms with Gasteiger partial charge in [-0.25, -0.2) is 0 Å². The number of hydrogen-bond donors (Lipinski definition) is 1. The standard InChI is InChI=1S/C10H12N2O2/c1-7(2)14-10-5-8(13)6-12-9(10)3-4-11/h5-7,13H,3H2,1-2H3. The summed E-state index contributed by atoms with van der Waals surface area (Å²) in [5.74, 6) is 0.517. The Morgan fingerprint density at radius 2 is 2.36 bits per heavy atom. The summed E-state index contributed by atoms with van der Waals surface area (Å²) in [5.41, 5.74) is 0.555. The molecule has 0 aliphatic rings. The van der Waals surface area contributed by atoms with Crippen LogP contribution in [0.3, 0.4) is 0 Å². The van der Waals surface area contributed by atoms with Crippen LogP contribution in [-0.2, 0) is 6.42 Å². The van der Waals surface area contributed by atoms with Gasteiger partial charge in [0.05, 0.1) is 30.5 Å². The van der Waals surface area contributed by atoms with E-state index in [4.69, 9.17) is 10.00 Å². The molecule has 14 heavy (non-hydrogen) atoms. The molecule has 4 heteroatoms. The molecule has 0 aliphatic carbocycles. The number of nitrogens with zero attached hydrogens (tertiary/aromatic N) is 2. The zero-order valence-electron chi connectivity index (χ0n) is 8.19. The molecule has 0 atom stereocenters. The molecular weight excluding hydrogens is 180 g/mol. The minimum absolute atomic E-state index is 0.00366. The van der Waals surface area contributed by atoms with Crippen LogP contribution < -0.4 is 4.74 Å². The van der Waals surface area contributed by atoms with Gasteiger partial charge >= 0.3 is 0 Å². The summed E-state index contributed by atoms with van der Waals surface area (Å²) < 4.78 is 5.41. The quantitative estimate of drug-likeness (QED) is 0.790. The SMILES string of the molecule is CC(C)Oc1cc(O)cnc1CC#N. The van der Waals surface area contributed by atoms with Crippen molar-refractivity contribution < 1.29 is 9.84 Å². The molecule has 0 amide bonds. The fourth-order valence-electron chi connectivity index (χ4n) is 1.03. The normalized spacial score (nSPS) is 9.86. The minimum Gasteiger partial charge on any atom is -0.506 e. The summed E-state index contributed by atoms with van der Waals surface area (Å²) in [7, 11) is 0. The average Bonchev–Trinajstić information content (AvgIpc) is 2.09. The molecule has 0 saturated carbocycles. The van der Waals surface area contributed by atoms with Gasteiger partial charge in [-0.05, 0) is 13.8 Å². The first-order chi connectivity index (χ1) is 6.63. The van der Waals surface area contributed by atoms with Crippen molar-refractivity contribution in [3.63, 3.8) is 0 Å². The molecular formula is C10H12N2O2. The Kier molecular flexibility index (Phi) is 3.29. The summed E-state index contributed by atoms with van der Waals surface area (Å²) >= 11 is 0. The molecule has 0 bridgehead atoms. The molecule has 1 aromatic rings. The van der Waals surface area contributed by atoms with Gasteiger partial charge in [-0.3, -0.25) is 4.98 Å². The lowest BCUT2D eigenvalue weighted by Crippen LogP contribution is -2.08. The van der Waals surface area contributed by atoms with Crippen molar-refractivity contribution in [3.05, 3.63) is 18.0 Å². The van der Waals surface area contributed by atoms with E-state index < -0.39 is 0 Å². The Morgan fingerprint density at radius 3 is 2.93 bits per heavy atom. The van der Waals surface area contributed by atoms with Crippen LogP contribution in [0.2, 0.25) is 0 Å². The van der Waals surface area contributed by atoms with E-state index in [2.05, 4.69) is 4.98 Å². The number of aromatic nitrogens is 1. The number of pyridine rings is 1. The molecule has 4 nitrogen and oxygen atoms in total. The fraction of sp³-hybridized carbons (Fsp3) is 0.400. The van der Waals surface area contributed by atoms with E-state index in [-0.39, 0.29) is 18.3 Å². The molecule has 0 radical (unpaired) electrons. The highest BCUT2D eigenvalue weighted by Gasteiger charge is 2.07. The highest BCUT2D eigenvalue weighted by Crippen LogP contribution is 2.22. The van der Waals surface area contributed by atoms with E-state index in [1.807, 2.05) is 19.9 Å². The van der Waals surface area contributed by atoms with E-state index in [9.17, 15) is 5.11 Å². The second-order valence-electron chi connectivity index (χ2n) is 3.14. The van der Waals surface area contributed by atoms with Gasteiger partial charge in [0.25, 0.3) is 0 Å². The second-order valence-corrected chi connectivity index (χ2v) is 3.14. The van der Waals surface area contributed by atoms with Crippen LogP contribution in [0, 0.1) is 11.3 Å². The Balaban J connectivity index is 2.97. The lowest BCUT2D eigenvalue weighted by atomic mass is 10.2. The number of ether oxygens (including phenoxy) is 1. The van der Waals surface area contributed by atoms with Crippen LogP contribution in [0.5, 0.6) is 11.5 Å². The van der Waals surface area contributed by atoms with Crippen molar-refractivity contribution in [3.8, 4) is 17.6 Å². The van der Waals surface area contributed by atoms with Crippen LogP contribution >= 0.6 is 0 Å². The van der Waals surface area contributed by atoms with Gasteiger partial charge in [0.2, 0.25) is 0 Å². The maximum absolute atomic E-state index is 9.19. The Morgan fingerprint density at radius 1 is 1.64 bits per heavy atom. The molecule has 1 rings (SSSR count). The van der Waals surface area contributed by atoms with Gasteiger partial charge in [-0.1, -0.05) is 0 Å². The summed E-state index contributed by atoms with van der Waals surface area (Å²) in [6.07, 6.45) is 1.48. The number of rotatable bonds is 3. The Labute approximate surface area is 82.8 Å². The van der Waals surface area contributed by atoms with Crippen molar-refractivity contribution in [1.82, 2.24) is 4.98 Å². The zero-order valence-corrected chi connectivity index (χ0v) is 8.19. The molecule has 0 unspecified atom stereocenters. The Hall–Kier alpha value is -1.76. The van der Waals surface area contributed by atoms with Crippen molar-refractivity contribution in [2.24, 2.45) is 0 Å². The molecule has 1 heterocycles. The molecule has 74 valence electrons. The van der Waals surface area contributed by atoms with E-state index in [1.165, 1.54) is 12.3 Å². The molecule has 0 saturated heterocycles. The van der Waals surface area contributed by atoms with E-state index in [0.29, 0.717) is 11.4 Å². The van der Waals surface area contributed by atoms with E-state index in [1.54, 1.807) is 0 Å². The van der Waals surface area contributed by atoms with Crippen molar-refractivity contribution >= 4 is 0 Å². The summed E-state index contributed by atoms with van der Waals surface area (Å²) in [6.45, 7) is 3.75. The predicted octanol–water partition coefficient (Wildman–Crippen LogP) is 1.64. The highest BCUT2D eigenvalue weighted by atomic mass is 16.5. The van der Waals surface area contributed by atoms with Crippen LogP contribution in [0.25, 0.3) is 0 Å². The first-order valence-electron chi connectivity index (χ1n) is 4.35. The molecule has 0 aromatic carbocycles. The van der Waals surface area contributed by atoms with Gasteiger partial charge < -0.3 is 9.84 Å². The van der Waals surface area contributed by atoms with Gasteiger partial charge in [-0.15, -0.1) is 0 Å². The largest absolute Gasteiger partial charge is 0.506 e. The molecule has 0 fully saturated rings. The zero-order chi connectivity index (χ0) is 10.6. The number of nitriles is 1. The summed E-state index contributed by atoms with van der Waals surface area (Å²) in [6, 6.07) is 3.46. The molecule has 1 aromatic heterocycles. The maximum Gasteiger partial charge on any atom is 0.145 e. The third-order valence-corrected chi connectivity index (χ3v) is 1.53. The maximum atomic E-state index is 9.19. The fourth-order valence-corrected chi connectivity index (χ4v) is 1.03. The lowest BCUT2D eigenvalue weighted by Gasteiger charge is -2.12. The number of hydrogen-bond acceptors (Lipinski definition) is 4. The van der Waals surface area contributed by atoms with Crippen molar-refractivity contribution in [2.75, 3.05) is 0 Å². The summed E-state index contributed by atoms with van der Waals surface area (Å²) in [5, 5.41) is 17.7. The first-order valence-corrected chi connectivity index (χ1v) is 4.35. The van der Waals surface area contributed by atoms with E-state index >= 15 is 0 Å². The van der Waals surface area contributed by atoms with Gasteiger partial charge in [0, 0.05) is 6.07 Å². The van der Waals surface area contributed by atoms with Crippen molar-refractivity contribution in [2.45, 2.75) is 26.4 Å². The van der Waals surface area contributed by atoms with Gasteiger partial charge in [0.1, 0.15) is 11.5 Å². The molecule has 0 aliphatic heterocycles. The molecule has 1 N–H and O–H groups in total. The lowest BCUT2D eigenvalue weighted by molar-refractivity contribution is 0.238. The Bertz CT molecular complexity index is 356. The van der Waals surface area contributed by atoms with Gasteiger partial charge in [0.15, 0.2) is 0 Å². The molecule has 0 spiro atoms. The van der Waals surface area contributed by atoms with Crippen LogP contribution in [-0.4, -0.2) is 16.2 Å². The van der Waals surface area contributed by atoms with Crippen LogP contribution in [0.4, 0.5) is 0 Å². The first kappa shape index (κ1) is 10.3. The minimum atomic E-state index is -0.00366. The predicted molar refractivity (Wildman–Crippen MR) is 51.0 cm³/mol. The smallest absolute Gasteiger partial charge is 0.145 e. The van der Waals surface area contributed by atoms with Crippen LogP contribution in [0.1, 0.15) is 19.5 Å². The second kappa shape index (κ2) is 4.47. The monoisotopic (exact) mass is 192 g/mol. The topological polar surface area (TPSA) is 66.1 Å². The third-order valence-electron chi connectivity index (χ3n) is 1.53. The van der Waals surface area contributed by atoms with Crippen molar-refractivity contribution in [1.29, 1.82) is 5.26 Å². The average molecular weight is 192 g/mol. The number of aromatic hydroxyl groups is 1. The highest BCUT2D eigenvalue weighted by molar-refractivity contribution is 5.35. The third kappa shape index (κ3) is 2.63. The van der Waals surface area contributed by atoms with Crippen LogP contribution in [0.15, 0.2) is 12.3 Å².